The van der Waals surface area contributed by atoms with Gasteiger partial charge in [-0.15, -0.1) is 0 Å². The van der Waals surface area contributed by atoms with Crippen molar-refractivity contribution in [3.05, 3.63) is 47.0 Å². The summed E-state index contributed by atoms with van der Waals surface area (Å²) in [6.07, 6.45) is 6.45. The monoisotopic (exact) mass is 494 g/mol. The highest BCUT2D eigenvalue weighted by molar-refractivity contribution is 5.94. The second kappa shape index (κ2) is 11.7. The Balaban J connectivity index is 1.59. The number of amides is 3. The molecule has 3 amide bonds. The molecule has 0 spiro atoms. The van der Waals surface area contributed by atoms with E-state index in [9.17, 15) is 14.4 Å². The molecule has 1 aliphatic carbocycles. The molecule has 0 fully saturated rings. The molecule has 36 heavy (non-hydrogen) atoms. The molecule has 0 radical (unpaired) electrons. The zero-order valence-electron chi connectivity index (χ0n) is 21.7. The minimum atomic E-state index is -0.190. The Morgan fingerprint density at radius 3 is 2.72 bits per heavy atom. The van der Waals surface area contributed by atoms with E-state index in [1.54, 1.807) is 29.3 Å². The normalized spacial score (nSPS) is 19.6. The highest BCUT2D eigenvalue weighted by Gasteiger charge is 2.33. The van der Waals surface area contributed by atoms with Gasteiger partial charge in [0.25, 0.3) is 11.8 Å². The fraction of sp³-hybridized carbons (Fsp3) is 0.593. The number of aromatic nitrogens is 3. The van der Waals surface area contributed by atoms with E-state index < -0.39 is 0 Å². The summed E-state index contributed by atoms with van der Waals surface area (Å²) in [5.41, 5.74) is 2.91. The summed E-state index contributed by atoms with van der Waals surface area (Å²) >= 11 is 0. The van der Waals surface area contributed by atoms with Crippen molar-refractivity contribution < 1.29 is 14.4 Å². The van der Waals surface area contributed by atoms with Crippen LogP contribution in [0, 0.1) is 5.92 Å². The molecule has 9 nitrogen and oxygen atoms in total. The first kappa shape index (κ1) is 25.9. The van der Waals surface area contributed by atoms with Gasteiger partial charge < -0.3 is 15.1 Å². The van der Waals surface area contributed by atoms with Crippen LogP contribution in [0.4, 0.5) is 0 Å². The number of carbonyl (C=O) groups is 3. The number of carbonyl (C=O) groups excluding carboxylic acids is 3. The lowest BCUT2D eigenvalue weighted by Gasteiger charge is -2.35. The molecule has 2 aromatic rings. The van der Waals surface area contributed by atoms with Crippen LogP contribution in [-0.4, -0.2) is 74.5 Å². The maximum Gasteiger partial charge on any atom is 0.272 e. The number of hydrogen-bond acceptors (Lipinski definition) is 5. The van der Waals surface area contributed by atoms with E-state index in [2.05, 4.69) is 29.2 Å². The minimum Gasteiger partial charge on any atom is -0.351 e. The first-order chi connectivity index (χ1) is 17.3. The average molecular weight is 495 g/mol. The quantitative estimate of drug-likeness (QED) is 0.704. The molecule has 1 unspecified atom stereocenters. The van der Waals surface area contributed by atoms with Gasteiger partial charge in [0.05, 0.1) is 0 Å². The highest BCUT2D eigenvalue weighted by atomic mass is 16.2. The molecule has 2 aliphatic rings. The van der Waals surface area contributed by atoms with E-state index >= 15 is 0 Å². The van der Waals surface area contributed by atoms with Gasteiger partial charge in [-0.2, -0.15) is 5.10 Å². The van der Waals surface area contributed by atoms with Crippen molar-refractivity contribution in [3.63, 3.8) is 0 Å². The summed E-state index contributed by atoms with van der Waals surface area (Å²) in [5.74, 6) is 0.270. The zero-order valence-corrected chi connectivity index (χ0v) is 21.7. The molecule has 1 aliphatic heterocycles. The van der Waals surface area contributed by atoms with E-state index in [-0.39, 0.29) is 23.8 Å². The molecule has 1 atom stereocenters. The van der Waals surface area contributed by atoms with Crippen molar-refractivity contribution in [3.8, 4) is 0 Å². The number of hydrogen-bond donors (Lipinski definition) is 1. The van der Waals surface area contributed by atoms with Crippen molar-refractivity contribution in [2.75, 3.05) is 26.2 Å². The molecule has 9 heteroatoms. The number of pyridine rings is 1. The van der Waals surface area contributed by atoms with Gasteiger partial charge in [-0.25, -0.2) is 0 Å². The Labute approximate surface area is 213 Å². The number of nitrogens with one attached hydrogen (secondary N) is 1. The van der Waals surface area contributed by atoms with E-state index in [0.29, 0.717) is 69.2 Å². The lowest BCUT2D eigenvalue weighted by Crippen LogP contribution is -2.45. The third-order valence-corrected chi connectivity index (χ3v) is 7.23. The molecule has 194 valence electrons. The minimum absolute atomic E-state index is 0.0517. The van der Waals surface area contributed by atoms with Crippen molar-refractivity contribution in [2.45, 2.75) is 64.8 Å². The van der Waals surface area contributed by atoms with Gasteiger partial charge in [0, 0.05) is 63.1 Å². The predicted molar refractivity (Wildman–Crippen MR) is 137 cm³/mol. The van der Waals surface area contributed by atoms with Gasteiger partial charge >= 0.3 is 0 Å². The summed E-state index contributed by atoms with van der Waals surface area (Å²) in [6.45, 7) is 6.44. The topological polar surface area (TPSA) is 100 Å². The first-order valence-corrected chi connectivity index (χ1v) is 13.2. The van der Waals surface area contributed by atoms with Gasteiger partial charge in [-0.05, 0) is 56.6 Å². The standard InChI is InChI=1S/C27H38N6O3/c1-19(2)12-17-33-20-10-11-23-21(18-20)25(30-31(23)3)26(35)29-14-7-16-32(15-6-9-24(33)34)27(36)22-8-4-5-13-28-22/h4-5,8,13,19-20H,6-7,9-12,14-18H2,1-3H3,(H,29,35). The van der Waals surface area contributed by atoms with Crippen LogP contribution in [0.1, 0.15) is 78.2 Å². The van der Waals surface area contributed by atoms with Gasteiger partial charge in [0.1, 0.15) is 5.69 Å². The maximum atomic E-state index is 13.5. The van der Waals surface area contributed by atoms with Crippen LogP contribution >= 0.6 is 0 Å². The average Bonchev–Trinajstić information content (AvgIpc) is 3.20. The first-order valence-electron chi connectivity index (χ1n) is 13.2. The van der Waals surface area contributed by atoms with Crippen LogP contribution in [0.3, 0.4) is 0 Å². The molecule has 0 aromatic carbocycles. The molecular formula is C27H38N6O3. The molecule has 4 rings (SSSR count). The van der Waals surface area contributed by atoms with Crippen LogP contribution < -0.4 is 5.32 Å². The Kier molecular flexibility index (Phi) is 8.38. The molecule has 1 N–H and O–H groups in total. The van der Waals surface area contributed by atoms with Crippen LogP contribution in [0.25, 0.3) is 0 Å². The third-order valence-electron chi connectivity index (χ3n) is 7.23. The van der Waals surface area contributed by atoms with Gasteiger partial charge in [-0.1, -0.05) is 19.9 Å². The summed E-state index contributed by atoms with van der Waals surface area (Å²) in [5, 5.41) is 7.55. The lowest BCUT2D eigenvalue weighted by molar-refractivity contribution is -0.134. The predicted octanol–water partition coefficient (Wildman–Crippen LogP) is 2.60. The molecular weight excluding hydrogens is 456 g/mol. The number of rotatable bonds is 4. The summed E-state index contributed by atoms with van der Waals surface area (Å²) in [4.78, 5) is 47.7. The van der Waals surface area contributed by atoms with Crippen LogP contribution in [0.15, 0.2) is 24.4 Å². The molecule has 2 aromatic heterocycles. The summed E-state index contributed by atoms with van der Waals surface area (Å²) < 4.78 is 1.82. The molecule has 2 bridgehead atoms. The zero-order chi connectivity index (χ0) is 25.7. The van der Waals surface area contributed by atoms with Gasteiger partial charge in [0.15, 0.2) is 5.69 Å². The van der Waals surface area contributed by atoms with Crippen molar-refractivity contribution in [1.82, 2.24) is 29.9 Å². The number of fused-ring (bicyclic) bond motifs is 1. The Morgan fingerprint density at radius 2 is 1.97 bits per heavy atom. The summed E-state index contributed by atoms with van der Waals surface area (Å²) in [7, 11) is 1.89. The molecule has 0 saturated heterocycles. The summed E-state index contributed by atoms with van der Waals surface area (Å²) in [6, 6.07) is 5.34. The fourth-order valence-electron chi connectivity index (χ4n) is 5.21. The largest absolute Gasteiger partial charge is 0.351 e. The van der Waals surface area contributed by atoms with E-state index in [4.69, 9.17) is 0 Å². The number of aryl methyl sites for hydroxylation is 1. The Morgan fingerprint density at radius 1 is 1.17 bits per heavy atom. The lowest BCUT2D eigenvalue weighted by atomic mass is 9.89. The number of nitrogens with zero attached hydrogens (tertiary/aromatic N) is 5. The molecule has 3 heterocycles. The SMILES string of the molecule is CC(C)CCN1C(=O)CCCN(C(=O)c2ccccn2)CCCNC(=O)c2nn(C)c3c2CC1CC3. The van der Waals surface area contributed by atoms with Crippen LogP contribution in [-0.2, 0) is 24.7 Å². The van der Waals surface area contributed by atoms with Crippen LogP contribution in [0.5, 0.6) is 0 Å². The van der Waals surface area contributed by atoms with E-state index in [1.807, 2.05) is 16.6 Å². The van der Waals surface area contributed by atoms with Crippen molar-refractivity contribution in [1.29, 1.82) is 0 Å². The maximum absolute atomic E-state index is 13.5. The van der Waals surface area contributed by atoms with Crippen LogP contribution in [0.2, 0.25) is 0 Å². The van der Waals surface area contributed by atoms with E-state index in [1.165, 1.54) is 0 Å². The van der Waals surface area contributed by atoms with Crippen molar-refractivity contribution >= 4 is 17.7 Å². The van der Waals surface area contributed by atoms with Gasteiger partial charge in [0.2, 0.25) is 5.91 Å². The third kappa shape index (κ3) is 5.94. The highest BCUT2D eigenvalue weighted by Crippen LogP contribution is 2.28. The Hall–Kier alpha value is -3.23. The molecule has 0 saturated carbocycles. The van der Waals surface area contributed by atoms with E-state index in [0.717, 1.165) is 30.5 Å². The second-order valence-corrected chi connectivity index (χ2v) is 10.3. The van der Waals surface area contributed by atoms with Crippen molar-refractivity contribution in [2.24, 2.45) is 13.0 Å². The second-order valence-electron chi connectivity index (χ2n) is 10.3. The van der Waals surface area contributed by atoms with Gasteiger partial charge in [-0.3, -0.25) is 24.0 Å². The Bertz CT molecular complexity index is 1080. The fourth-order valence-corrected chi connectivity index (χ4v) is 5.21. The smallest absolute Gasteiger partial charge is 0.272 e.